The molecule has 4 heterocycles. The van der Waals surface area contributed by atoms with Crippen molar-refractivity contribution < 1.29 is 23.1 Å². The van der Waals surface area contributed by atoms with Crippen molar-refractivity contribution >= 4 is 11.8 Å². The zero-order valence-electron chi connectivity index (χ0n) is 20.7. The standard InChI is InChI=1S/C28H26F2N4O4/c1-28-21-10-9-20-22(26(36)31-14-17-7-8-18(29)13-19(17)30)24(35)25(38-15-16-5-3-2-4-6-16)23(34(20)21)27(37)33(28)12-11-32-28/h2-8,13,21,32H,9-12,14-15H2,1H3,(H,31,36). The summed E-state index contributed by atoms with van der Waals surface area (Å²) in [7, 11) is 0. The molecule has 10 heteroatoms. The Hall–Kier alpha value is -4.05. The number of carbonyl (C=O) groups is 2. The van der Waals surface area contributed by atoms with Crippen LogP contribution in [0.3, 0.4) is 0 Å². The van der Waals surface area contributed by atoms with Gasteiger partial charge in [-0.2, -0.15) is 0 Å². The molecule has 3 aromatic rings. The minimum absolute atomic E-state index is 0.0394. The Labute approximate surface area is 217 Å². The summed E-state index contributed by atoms with van der Waals surface area (Å²) in [5, 5.41) is 6.03. The van der Waals surface area contributed by atoms with Crippen molar-refractivity contribution in [2.24, 2.45) is 0 Å². The van der Waals surface area contributed by atoms with Crippen LogP contribution >= 0.6 is 0 Å². The minimum atomic E-state index is -0.796. The van der Waals surface area contributed by atoms with Gasteiger partial charge in [0.1, 0.15) is 29.5 Å². The lowest BCUT2D eigenvalue weighted by Crippen LogP contribution is -2.60. The van der Waals surface area contributed by atoms with E-state index in [1.807, 2.05) is 37.3 Å². The van der Waals surface area contributed by atoms with Crippen molar-refractivity contribution in [3.8, 4) is 5.75 Å². The van der Waals surface area contributed by atoms with Gasteiger partial charge in [0.05, 0.1) is 6.04 Å². The molecule has 196 valence electrons. The highest BCUT2D eigenvalue weighted by Gasteiger charge is 2.55. The SMILES string of the molecule is CC12NCCN1C(=O)c1c(OCc3ccccc3)c(=O)c(C(=O)NCc3ccc(F)cc3F)c3n1C2CC3. The van der Waals surface area contributed by atoms with Crippen LogP contribution in [-0.4, -0.2) is 40.0 Å². The monoisotopic (exact) mass is 520 g/mol. The van der Waals surface area contributed by atoms with E-state index in [1.54, 1.807) is 9.47 Å². The quantitative estimate of drug-likeness (QED) is 0.522. The van der Waals surface area contributed by atoms with E-state index >= 15 is 0 Å². The lowest BCUT2D eigenvalue weighted by Gasteiger charge is -2.46. The first kappa shape index (κ1) is 24.3. The maximum absolute atomic E-state index is 14.2. The minimum Gasteiger partial charge on any atom is -0.483 e. The third-order valence-electron chi connectivity index (χ3n) is 7.82. The third kappa shape index (κ3) is 3.70. The van der Waals surface area contributed by atoms with Crippen LogP contribution in [0.5, 0.6) is 5.75 Å². The molecule has 2 N–H and O–H groups in total. The van der Waals surface area contributed by atoms with Gasteiger partial charge in [-0.25, -0.2) is 8.78 Å². The Morgan fingerprint density at radius 1 is 1.18 bits per heavy atom. The number of nitrogens with zero attached hydrogens (tertiary/aromatic N) is 2. The lowest BCUT2D eigenvalue weighted by molar-refractivity contribution is 0.0321. The number of amides is 2. The second kappa shape index (κ2) is 9.05. The van der Waals surface area contributed by atoms with E-state index in [4.69, 9.17) is 4.74 Å². The van der Waals surface area contributed by atoms with Crippen LogP contribution in [-0.2, 0) is 19.6 Å². The summed E-state index contributed by atoms with van der Waals surface area (Å²) >= 11 is 0. The van der Waals surface area contributed by atoms with Gasteiger partial charge in [0.25, 0.3) is 11.8 Å². The predicted molar refractivity (Wildman–Crippen MR) is 134 cm³/mol. The number of aromatic nitrogens is 1. The predicted octanol–water partition coefficient (Wildman–Crippen LogP) is 2.90. The topological polar surface area (TPSA) is 92.7 Å². The molecule has 0 radical (unpaired) electrons. The average Bonchev–Trinajstić information content (AvgIpc) is 3.51. The maximum Gasteiger partial charge on any atom is 0.276 e. The fourth-order valence-electron chi connectivity index (χ4n) is 5.95. The molecule has 2 unspecified atom stereocenters. The Balaban J connectivity index is 1.44. The van der Waals surface area contributed by atoms with E-state index in [0.717, 1.165) is 17.7 Å². The molecule has 1 fully saturated rings. The number of fused-ring (bicyclic) bond motifs is 2. The smallest absolute Gasteiger partial charge is 0.276 e. The number of carbonyl (C=O) groups excluding carboxylic acids is 2. The molecule has 0 saturated carbocycles. The average molecular weight is 521 g/mol. The fourth-order valence-corrected chi connectivity index (χ4v) is 5.95. The number of hydrogen-bond acceptors (Lipinski definition) is 5. The van der Waals surface area contributed by atoms with Gasteiger partial charge in [0.2, 0.25) is 5.43 Å². The highest BCUT2D eigenvalue weighted by molar-refractivity contribution is 6.01. The van der Waals surface area contributed by atoms with Crippen LogP contribution in [0.4, 0.5) is 8.78 Å². The molecule has 2 amide bonds. The molecule has 2 atom stereocenters. The molecule has 1 aromatic heterocycles. The van der Waals surface area contributed by atoms with Crippen molar-refractivity contribution in [2.75, 3.05) is 13.1 Å². The third-order valence-corrected chi connectivity index (χ3v) is 7.82. The number of hydrogen-bond donors (Lipinski definition) is 2. The molecule has 0 spiro atoms. The van der Waals surface area contributed by atoms with E-state index in [-0.39, 0.29) is 47.7 Å². The first-order chi connectivity index (χ1) is 18.3. The lowest BCUT2D eigenvalue weighted by atomic mass is 9.96. The van der Waals surface area contributed by atoms with E-state index in [9.17, 15) is 23.2 Å². The molecule has 0 bridgehead atoms. The summed E-state index contributed by atoms with van der Waals surface area (Å²) in [6.07, 6.45) is 1.03. The second-order valence-electron chi connectivity index (χ2n) is 9.98. The Bertz CT molecular complexity index is 1520. The molecular weight excluding hydrogens is 494 g/mol. The van der Waals surface area contributed by atoms with Gasteiger partial charge in [-0.15, -0.1) is 0 Å². The van der Waals surface area contributed by atoms with E-state index < -0.39 is 28.6 Å². The Morgan fingerprint density at radius 3 is 2.74 bits per heavy atom. The fraction of sp³-hybridized carbons (Fsp3) is 0.321. The van der Waals surface area contributed by atoms with Gasteiger partial charge >= 0.3 is 0 Å². The van der Waals surface area contributed by atoms with Crippen molar-refractivity contribution in [1.29, 1.82) is 0 Å². The summed E-state index contributed by atoms with van der Waals surface area (Å²) in [6, 6.07) is 12.1. The zero-order chi connectivity index (χ0) is 26.6. The number of ether oxygens (including phenoxy) is 1. The summed E-state index contributed by atoms with van der Waals surface area (Å²) in [4.78, 5) is 42.7. The highest BCUT2D eigenvalue weighted by atomic mass is 19.1. The van der Waals surface area contributed by atoms with Crippen LogP contribution in [0.15, 0.2) is 53.3 Å². The maximum atomic E-state index is 14.2. The van der Waals surface area contributed by atoms with E-state index in [0.29, 0.717) is 31.6 Å². The number of pyridine rings is 1. The largest absolute Gasteiger partial charge is 0.483 e. The highest BCUT2D eigenvalue weighted by Crippen LogP contribution is 2.46. The Morgan fingerprint density at radius 2 is 1.97 bits per heavy atom. The second-order valence-corrected chi connectivity index (χ2v) is 9.98. The number of benzene rings is 2. The number of nitrogens with one attached hydrogen (secondary N) is 2. The van der Waals surface area contributed by atoms with Gasteiger partial charge in [-0.3, -0.25) is 19.7 Å². The van der Waals surface area contributed by atoms with E-state index in [2.05, 4.69) is 10.6 Å². The summed E-state index contributed by atoms with van der Waals surface area (Å²) < 4.78 is 35.3. The molecule has 0 aliphatic carbocycles. The number of rotatable bonds is 6. The summed E-state index contributed by atoms with van der Waals surface area (Å²) in [6.45, 7) is 2.88. The normalized spacial score (nSPS) is 21.3. The van der Waals surface area contributed by atoms with Crippen LogP contribution < -0.4 is 20.8 Å². The molecule has 8 nitrogen and oxygen atoms in total. The van der Waals surface area contributed by atoms with Crippen molar-refractivity contribution in [2.45, 2.75) is 44.6 Å². The van der Waals surface area contributed by atoms with Gasteiger partial charge < -0.3 is 19.5 Å². The number of halogens is 2. The first-order valence-electron chi connectivity index (χ1n) is 12.6. The Kier molecular flexibility index (Phi) is 5.79. The molecular formula is C28H26F2N4O4. The summed E-state index contributed by atoms with van der Waals surface area (Å²) in [5.74, 6) is -2.71. The van der Waals surface area contributed by atoms with Gasteiger partial charge in [-0.1, -0.05) is 36.4 Å². The molecule has 6 rings (SSSR count). The van der Waals surface area contributed by atoms with Crippen molar-refractivity contribution in [3.63, 3.8) is 0 Å². The van der Waals surface area contributed by atoms with Crippen LogP contribution in [0.1, 0.15) is 57.1 Å². The van der Waals surface area contributed by atoms with Crippen LogP contribution in [0.25, 0.3) is 0 Å². The molecule has 38 heavy (non-hydrogen) atoms. The van der Waals surface area contributed by atoms with Gasteiger partial charge in [0.15, 0.2) is 11.4 Å². The van der Waals surface area contributed by atoms with Gasteiger partial charge in [-0.05, 0) is 31.4 Å². The zero-order valence-corrected chi connectivity index (χ0v) is 20.7. The van der Waals surface area contributed by atoms with Gasteiger partial charge in [0, 0.05) is 37.0 Å². The summed E-state index contributed by atoms with van der Waals surface area (Å²) in [5.41, 5.74) is 0.0454. The molecule has 1 saturated heterocycles. The first-order valence-corrected chi connectivity index (χ1v) is 12.6. The van der Waals surface area contributed by atoms with Crippen molar-refractivity contribution in [1.82, 2.24) is 20.1 Å². The van der Waals surface area contributed by atoms with Crippen LogP contribution in [0, 0.1) is 11.6 Å². The molecule has 2 aromatic carbocycles. The van der Waals surface area contributed by atoms with E-state index in [1.165, 1.54) is 6.07 Å². The molecule has 3 aliphatic heterocycles. The van der Waals surface area contributed by atoms with Crippen molar-refractivity contribution in [3.05, 3.63) is 98.5 Å². The van der Waals surface area contributed by atoms with Crippen LogP contribution in [0.2, 0.25) is 0 Å². The molecule has 3 aliphatic rings.